The zero-order valence-corrected chi connectivity index (χ0v) is 12.2. The van der Waals surface area contributed by atoms with E-state index in [1.165, 1.54) is 10.4 Å². The Morgan fingerprint density at radius 1 is 1.37 bits per heavy atom. The third-order valence-electron chi connectivity index (χ3n) is 2.56. The number of hydrogen-bond donors (Lipinski definition) is 2. The van der Waals surface area contributed by atoms with Gasteiger partial charge >= 0.3 is 0 Å². The molecule has 0 unspecified atom stereocenters. The van der Waals surface area contributed by atoms with Crippen LogP contribution in [0.4, 0.5) is 5.82 Å². The Labute approximate surface area is 114 Å². The lowest BCUT2D eigenvalue weighted by Gasteiger charge is -2.21. The number of anilines is 1. The van der Waals surface area contributed by atoms with Gasteiger partial charge < -0.3 is 10.4 Å². The molecule has 108 valence electrons. The maximum atomic E-state index is 12.5. The fraction of sp³-hybridized carbons (Fsp3) is 0.583. The molecule has 0 aliphatic carbocycles. The van der Waals surface area contributed by atoms with Crippen LogP contribution in [-0.2, 0) is 10.0 Å². The Balaban J connectivity index is 3.16. The zero-order valence-electron chi connectivity index (χ0n) is 11.3. The first kappa shape index (κ1) is 15.9. The Hall–Kier alpha value is -1.18. The molecule has 0 spiro atoms. The summed E-state index contributed by atoms with van der Waals surface area (Å²) in [6.45, 7) is 4.64. The fourth-order valence-corrected chi connectivity index (χ4v) is 3.39. The lowest BCUT2D eigenvalue weighted by Crippen LogP contribution is -2.34. The standard InChI is InChI=1S/C12H21N3O3S/c1-3-8-15(9-10-16)19(17,18)11-6-5-7-14-12(11)13-4-2/h5-7,16H,3-4,8-10H2,1-2H3,(H,13,14). The molecule has 1 rings (SSSR count). The van der Waals surface area contributed by atoms with E-state index in [0.29, 0.717) is 25.3 Å². The Morgan fingerprint density at radius 2 is 2.11 bits per heavy atom. The molecule has 1 aromatic heterocycles. The van der Waals surface area contributed by atoms with Crippen LogP contribution in [0.5, 0.6) is 0 Å². The van der Waals surface area contributed by atoms with Crippen LogP contribution in [0.15, 0.2) is 23.2 Å². The summed E-state index contributed by atoms with van der Waals surface area (Å²) in [6.07, 6.45) is 2.24. The molecule has 0 aliphatic heterocycles. The van der Waals surface area contributed by atoms with Crippen LogP contribution in [0.1, 0.15) is 20.3 Å². The number of rotatable bonds is 8. The second kappa shape index (κ2) is 7.42. The molecule has 1 aromatic rings. The summed E-state index contributed by atoms with van der Waals surface area (Å²) in [7, 11) is -3.63. The highest BCUT2D eigenvalue weighted by Crippen LogP contribution is 2.22. The average molecular weight is 287 g/mol. The molecule has 0 radical (unpaired) electrons. The number of pyridine rings is 1. The van der Waals surface area contributed by atoms with Crippen LogP contribution >= 0.6 is 0 Å². The number of sulfonamides is 1. The predicted molar refractivity (Wildman–Crippen MR) is 74.5 cm³/mol. The topological polar surface area (TPSA) is 82.5 Å². The summed E-state index contributed by atoms with van der Waals surface area (Å²) < 4.78 is 26.4. The molecule has 7 heteroatoms. The van der Waals surface area contributed by atoms with Crippen molar-refractivity contribution in [3.05, 3.63) is 18.3 Å². The van der Waals surface area contributed by atoms with Gasteiger partial charge in [0.05, 0.1) is 6.61 Å². The van der Waals surface area contributed by atoms with E-state index in [0.717, 1.165) is 0 Å². The molecule has 0 bridgehead atoms. The number of nitrogens with zero attached hydrogens (tertiary/aromatic N) is 2. The Bertz CT molecular complexity index is 485. The lowest BCUT2D eigenvalue weighted by molar-refractivity contribution is 0.253. The molecular formula is C12H21N3O3S. The van der Waals surface area contributed by atoms with Gasteiger partial charge in [-0.05, 0) is 25.5 Å². The average Bonchev–Trinajstić information content (AvgIpc) is 2.39. The van der Waals surface area contributed by atoms with Crippen LogP contribution in [0.2, 0.25) is 0 Å². The van der Waals surface area contributed by atoms with Crippen molar-refractivity contribution >= 4 is 15.8 Å². The van der Waals surface area contributed by atoms with E-state index < -0.39 is 10.0 Å². The summed E-state index contributed by atoms with van der Waals surface area (Å²) >= 11 is 0. The van der Waals surface area contributed by atoms with Gasteiger partial charge in [-0.25, -0.2) is 13.4 Å². The maximum absolute atomic E-state index is 12.5. The van der Waals surface area contributed by atoms with Crippen LogP contribution < -0.4 is 5.32 Å². The van der Waals surface area contributed by atoms with Crippen molar-refractivity contribution in [2.45, 2.75) is 25.2 Å². The van der Waals surface area contributed by atoms with E-state index in [-0.39, 0.29) is 18.0 Å². The molecule has 6 nitrogen and oxygen atoms in total. The Kier molecular flexibility index (Phi) is 6.20. The van der Waals surface area contributed by atoms with E-state index in [1.54, 1.807) is 12.3 Å². The highest BCUT2D eigenvalue weighted by molar-refractivity contribution is 7.89. The van der Waals surface area contributed by atoms with E-state index in [1.807, 2.05) is 13.8 Å². The minimum Gasteiger partial charge on any atom is -0.395 e. The van der Waals surface area contributed by atoms with Gasteiger partial charge in [0.25, 0.3) is 0 Å². The van der Waals surface area contributed by atoms with Gasteiger partial charge in [0.1, 0.15) is 10.7 Å². The summed E-state index contributed by atoms with van der Waals surface area (Å²) in [5.74, 6) is 0.351. The highest BCUT2D eigenvalue weighted by atomic mass is 32.2. The molecule has 0 aliphatic rings. The van der Waals surface area contributed by atoms with Gasteiger partial charge in [-0.1, -0.05) is 6.92 Å². The number of aliphatic hydroxyl groups is 1. The normalized spacial score (nSPS) is 11.8. The summed E-state index contributed by atoms with van der Waals surface area (Å²) in [4.78, 5) is 4.21. The first-order chi connectivity index (χ1) is 9.07. The molecule has 19 heavy (non-hydrogen) atoms. The van der Waals surface area contributed by atoms with Crippen molar-refractivity contribution in [3.8, 4) is 0 Å². The van der Waals surface area contributed by atoms with Gasteiger partial charge in [0.15, 0.2) is 0 Å². The number of aromatic nitrogens is 1. The number of nitrogens with one attached hydrogen (secondary N) is 1. The van der Waals surface area contributed by atoms with Gasteiger partial charge in [0.2, 0.25) is 10.0 Å². The van der Waals surface area contributed by atoms with Gasteiger partial charge in [0, 0.05) is 25.8 Å². The quantitative estimate of drug-likeness (QED) is 0.742. The van der Waals surface area contributed by atoms with Gasteiger partial charge in [-0.3, -0.25) is 0 Å². The second-order valence-electron chi connectivity index (χ2n) is 4.01. The molecule has 0 aromatic carbocycles. The van der Waals surface area contributed by atoms with Crippen molar-refractivity contribution in [1.29, 1.82) is 0 Å². The summed E-state index contributed by atoms with van der Waals surface area (Å²) in [5, 5.41) is 12.0. The predicted octanol–water partition coefficient (Wildman–Crippen LogP) is 0.906. The molecule has 0 amide bonds. The SMILES string of the molecule is CCCN(CCO)S(=O)(=O)c1cccnc1NCC. The van der Waals surface area contributed by atoms with Crippen molar-refractivity contribution in [2.24, 2.45) is 0 Å². The van der Waals surface area contributed by atoms with E-state index in [2.05, 4.69) is 10.3 Å². The Morgan fingerprint density at radius 3 is 2.68 bits per heavy atom. The minimum absolute atomic E-state index is 0.0939. The van der Waals surface area contributed by atoms with Crippen molar-refractivity contribution < 1.29 is 13.5 Å². The summed E-state index contributed by atoms with van der Waals surface area (Å²) in [5.41, 5.74) is 0. The van der Waals surface area contributed by atoms with Gasteiger partial charge in [-0.2, -0.15) is 4.31 Å². The molecule has 0 atom stereocenters. The fourth-order valence-electron chi connectivity index (χ4n) is 1.75. The summed E-state index contributed by atoms with van der Waals surface area (Å²) in [6, 6.07) is 3.12. The molecule has 1 heterocycles. The van der Waals surface area contributed by atoms with E-state index in [9.17, 15) is 8.42 Å². The van der Waals surface area contributed by atoms with Gasteiger partial charge in [-0.15, -0.1) is 0 Å². The molecule has 0 fully saturated rings. The van der Waals surface area contributed by atoms with Crippen LogP contribution in [0, 0.1) is 0 Å². The van der Waals surface area contributed by atoms with Crippen LogP contribution in [-0.4, -0.2) is 49.1 Å². The van der Waals surface area contributed by atoms with Crippen LogP contribution in [0.25, 0.3) is 0 Å². The number of aliphatic hydroxyl groups excluding tert-OH is 1. The first-order valence-electron chi connectivity index (χ1n) is 6.37. The van der Waals surface area contributed by atoms with Crippen molar-refractivity contribution in [1.82, 2.24) is 9.29 Å². The molecule has 0 saturated heterocycles. The largest absolute Gasteiger partial charge is 0.395 e. The van der Waals surface area contributed by atoms with E-state index >= 15 is 0 Å². The molecule has 2 N–H and O–H groups in total. The smallest absolute Gasteiger partial charge is 0.246 e. The first-order valence-corrected chi connectivity index (χ1v) is 7.81. The maximum Gasteiger partial charge on any atom is 0.246 e. The highest BCUT2D eigenvalue weighted by Gasteiger charge is 2.26. The molecule has 0 saturated carbocycles. The minimum atomic E-state index is -3.63. The second-order valence-corrected chi connectivity index (χ2v) is 5.91. The third kappa shape index (κ3) is 3.89. The third-order valence-corrected chi connectivity index (χ3v) is 4.49. The van der Waals surface area contributed by atoms with Crippen LogP contribution in [0.3, 0.4) is 0 Å². The molecular weight excluding hydrogens is 266 g/mol. The van der Waals surface area contributed by atoms with Crippen molar-refractivity contribution in [3.63, 3.8) is 0 Å². The van der Waals surface area contributed by atoms with E-state index in [4.69, 9.17) is 5.11 Å². The zero-order chi connectivity index (χ0) is 14.3. The lowest BCUT2D eigenvalue weighted by atomic mass is 10.4. The monoisotopic (exact) mass is 287 g/mol. The van der Waals surface area contributed by atoms with Crippen molar-refractivity contribution in [2.75, 3.05) is 31.6 Å². The number of hydrogen-bond acceptors (Lipinski definition) is 5.